The highest BCUT2D eigenvalue weighted by molar-refractivity contribution is 6.15. The van der Waals surface area contributed by atoms with Gasteiger partial charge in [-0.05, 0) is 76.2 Å². The van der Waals surface area contributed by atoms with Crippen molar-refractivity contribution in [2.24, 2.45) is 0 Å². The molecule has 42 heavy (non-hydrogen) atoms. The first-order chi connectivity index (χ1) is 20.4. The predicted molar refractivity (Wildman–Crippen MR) is 171 cm³/mol. The van der Waals surface area contributed by atoms with Gasteiger partial charge >= 0.3 is 11.3 Å². The van der Waals surface area contributed by atoms with Crippen molar-refractivity contribution in [1.82, 2.24) is 9.97 Å². The molecule has 3 aromatic carbocycles. The normalized spacial score (nSPS) is 11.9. The van der Waals surface area contributed by atoms with Gasteiger partial charge in [-0.2, -0.15) is 0 Å². The summed E-state index contributed by atoms with van der Waals surface area (Å²) in [5.41, 5.74) is 4.66. The highest BCUT2D eigenvalue weighted by Crippen LogP contribution is 2.33. The van der Waals surface area contributed by atoms with Crippen molar-refractivity contribution in [2.75, 3.05) is 36.0 Å². The Hall–Kier alpha value is -4.98. The maximum absolute atomic E-state index is 13.2. The van der Waals surface area contributed by atoms with Crippen molar-refractivity contribution < 1.29 is 8.83 Å². The van der Waals surface area contributed by atoms with E-state index in [2.05, 4.69) is 37.5 Å². The largest absolute Gasteiger partial charge is 0.422 e. The van der Waals surface area contributed by atoms with Gasteiger partial charge < -0.3 is 18.6 Å². The van der Waals surface area contributed by atoms with Crippen molar-refractivity contribution in [3.63, 3.8) is 0 Å². The quantitative estimate of drug-likeness (QED) is 0.122. The van der Waals surface area contributed by atoms with Gasteiger partial charge in [0.2, 0.25) is 0 Å². The van der Waals surface area contributed by atoms with Gasteiger partial charge in [-0.15, -0.1) is 0 Å². The van der Waals surface area contributed by atoms with E-state index in [0.29, 0.717) is 44.0 Å². The average molecular weight is 559 g/mol. The van der Waals surface area contributed by atoms with Crippen LogP contribution in [0.1, 0.15) is 27.7 Å². The summed E-state index contributed by atoms with van der Waals surface area (Å²) in [5.74, 6) is 0. The van der Waals surface area contributed by atoms with E-state index < -0.39 is 11.3 Å². The molecule has 0 spiro atoms. The molecule has 0 atom stereocenters. The lowest BCUT2D eigenvalue weighted by Gasteiger charge is -2.21. The molecule has 8 heteroatoms. The molecule has 0 fully saturated rings. The second kappa shape index (κ2) is 9.83. The Balaban J connectivity index is 1.46. The van der Waals surface area contributed by atoms with Crippen molar-refractivity contribution in [2.45, 2.75) is 27.7 Å². The number of rotatable bonds is 6. The Labute approximate surface area is 240 Å². The molecular formula is C34H30N4O4. The maximum Gasteiger partial charge on any atom is 0.345 e. The van der Waals surface area contributed by atoms with Gasteiger partial charge in [0, 0.05) is 71.2 Å². The molecule has 0 aliphatic heterocycles. The summed E-state index contributed by atoms with van der Waals surface area (Å²) in [5, 5.41) is 3.75. The molecule has 0 unspecified atom stereocenters. The number of pyridine rings is 2. The molecule has 0 radical (unpaired) electrons. The van der Waals surface area contributed by atoms with Crippen LogP contribution in [0.3, 0.4) is 0 Å². The van der Waals surface area contributed by atoms with Gasteiger partial charge in [-0.3, -0.25) is 0 Å². The summed E-state index contributed by atoms with van der Waals surface area (Å²) in [6.07, 6.45) is 0. The summed E-state index contributed by atoms with van der Waals surface area (Å²) >= 11 is 0. The van der Waals surface area contributed by atoms with Crippen LogP contribution in [0.4, 0.5) is 11.4 Å². The number of hydrogen-bond acceptors (Lipinski definition) is 8. The number of fused-ring (bicyclic) bond motifs is 9. The summed E-state index contributed by atoms with van der Waals surface area (Å²) in [7, 11) is 0. The molecule has 0 aliphatic carbocycles. The lowest BCUT2D eigenvalue weighted by atomic mass is 10.0. The molecule has 4 heterocycles. The molecule has 0 saturated carbocycles. The van der Waals surface area contributed by atoms with E-state index in [1.807, 2.05) is 48.5 Å². The smallest absolute Gasteiger partial charge is 0.345 e. The van der Waals surface area contributed by atoms with E-state index in [1.54, 1.807) is 12.1 Å². The third-order valence-electron chi connectivity index (χ3n) is 8.34. The first-order valence-electron chi connectivity index (χ1n) is 14.5. The number of nitrogens with zero attached hydrogens (tertiary/aromatic N) is 4. The first kappa shape index (κ1) is 26.0. The van der Waals surface area contributed by atoms with Crippen molar-refractivity contribution >= 4 is 76.9 Å². The van der Waals surface area contributed by atoms with Crippen LogP contribution < -0.4 is 21.1 Å². The van der Waals surface area contributed by atoms with Crippen molar-refractivity contribution in [3.05, 3.63) is 81.5 Å². The minimum Gasteiger partial charge on any atom is -0.422 e. The molecule has 0 saturated heterocycles. The lowest BCUT2D eigenvalue weighted by molar-refractivity contribution is 0.569. The van der Waals surface area contributed by atoms with Gasteiger partial charge in [0.05, 0.1) is 32.8 Å². The Morgan fingerprint density at radius 3 is 1.31 bits per heavy atom. The summed E-state index contributed by atoms with van der Waals surface area (Å²) in [6.45, 7) is 11.8. The molecule has 0 N–H and O–H groups in total. The molecule has 210 valence electrons. The van der Waals surface area contributed by atoms with Gasteiger partial charge in [-0.25, -0.2) is 19.6 Å². The van der Waals surface area contributed by atoms with Gasteiger partial charge in [0.1, 0.15) is 11.2 Å². The fourth-order valence-corrected chi connectivity index (χ4v) is 6.08. The lowest BCUT2D eigenvalue weighted by Crippen LogP contribution is -2.21. The van der Waals surface area contributed by atoms with E-state index >= 15 is 0 Å². The minimum absolute atomic E-state index is 0.382. The van der Waals surface area contributed by atoms with Crippen molar-refractivity contribution in [1.29, 1.82) is 0 Å². The van der Waals surface area contributed by atoms with Crippen LogP contribution in [-0.2, 0) is 0 Å². The van der Waals surface area contributed by atoms with E-state index in [-0.39, 0.29) is 0 Å². The number of hydrogen-bond donors (Lipinski definition) is 0. The maximum atomic E-state index is 13.2. The average Bonchev–Trinajstić information content (AvgIpc) is 3.01. The second-order valence-corrected chi connectivity index (χ2v) is 10.5. The molecule has 4 aromatic heterocycles. The third-order valence-corrected chi connectivity index (χ3v) is 8.34. The zero-order chi connectivity index (χ0) is 29.1. The highest BCUT2D eigenvalue weighted by Gasteiger charge is 2.17. The zero-order valence-corrected chi connectivity index (χ0v) is 24.0. The summed E-state index contributed by atoms with van der Waals surface area (Å²) < 4.78 is 11.6. The summed E-state index contributed by atoms with van der Waals surface area (Å²) in [6, 6.07) is 19.2. The molecular weight excluding hydrogens is 528 g/mol. The topological polar surface area (TPSA) is 92.7 Å². The third kappa shape index (κ3) is 3.89. The SMILES string of the molecule is CCN(CC)c1ccc2c(c1)oc(=O)c1cc3c(ccc4nc5c(cc43)c(=O)oc3cc(N(CC)CC)ccc35)nc12. The molecule has 0 aliphatic rings. The van der Waals surface area contributed by atoms with Crippen LogP contribution in [-0.4, -0.2) is 36.1 Å². The molecule has 8 nitrogen and oxygen atoms in total. The van der Waals surface area contributed by atoms with Crippen LogP contribution in [0.5, 0.6) is 0 Å². The van der Waals surface area contributed by atoms with Crippen LogP contribution >= 0.6 is 0 Å². The van der Waals surface area contributed by atoms with Crippen LogP contribution in [0.25, 0.3) is 65.6 Å². The Kier molecular flexibility index (Phi) is 6.08. The number of benzene rings is 3. The van der Waals surface area contributed by atoms with Crippen LogP contribution in [0, 0.1) is 0 Å². The van der Waals surface area contributed by atoms with Gasteiger partial charge in [-0.1, -0.05) is 0 Å². The van der Waals surface area contributed by atoms with Crippen LogP contribution in [0.15, 0.2) is 79.1 Å². The van der Waals surface area contributed by atoms with E-state index in [9.17, 15) is 9.59 Å². The second-order valence-electron chi connectivity index (χ2n) is 10.5. The zero-order valence-electron chi connectivity index (χ0n) is 24.0. The van der Waals surface area contributed by atoms with E-state index in [0.717, 1.165) is 59.1 Å². The van der Waals surface area contributed by atoms with Crippen LogP contribution in [0.2, 0.25) is 0 Å². The molecule has 7 aromatic rings. The number of aromatic nitrogens is 2. The molecule has 0 bridgehead atoms. The fraction of sp³-hybridized carbons (Fsp3) is 0.235. The minimum atomic E-state index is -0.455. The molecule has 7 rings (SSSR count). The van der Waals surface area contributed by atoms with E-state index in [1.165, 1.54) is 0 Å². The van der Waals surface area contributed by atoms with Gasteiger partial charge in [0.25, 0.3) is 0 Å². The van der Waals surface area contributed by atoms with Gasteiger partial charge in [0.15, 0.2) is 0 Å². The highest BCUT2D eigenvalue weighted by atomic mass is 16.4. The predicted octanol–water partition coefficient (Wildman–Crippen LogP) is 6.99. The van der Waals surface area contributed by atoms with Crippen molar-refractivity contribution in [3.8, 4) is 0 Å². The number of anilines is 2. The Bertz CT molecular complexity index is 2150. The fourth-order valence-electron chi connectivity index (χ4n) is 6.08. The Morgan fingerprint density at radius 1 is 0.524 bits per heavy atom. The van der Waals surface area contributed by atoms with E-state index in [4.69, 9.17) is 18.8 Å². The summed E-state index contributed by atoms with van der Waals surface area (Å²) in [4.78, 5) is 40.7. The monoisotopic (exact) mass is 558 g/mol. The first-order valence-corrected chi connectivity index (χ1v) is 14.5. The Morgan fingerprint density at radius 2 is 0.929 bits per heavy atom. The standard InChI is InChI=1S/C34H30N4O4/c1-5-37(6-2)19-9-11-21-29(15-19)41-33(39)25-17-23-24-18-26-32(36-28(24)14-13-27(23)35-31(21)25)22-12-10-20(38(7-3)8-4)16-30(22)42-34(26)40/h9-18H,5-8H2,1-4H3. The molecule has 0 amide bonds.